The molecule has 0 aromatic carbocycles. The Bertz CT molecular complexity index is 224. The van der Waals surface area contributed by atoms with E-state index in [2.05, 4.69) is 0 Å². The number of hydrogen-bond donors (Lipinski definition) is 1. The predicted molar refractivity (Wildman–Crippen MR) is 38.5 cm³/mol. The van der Waals surface area contributed by atoms with Gasteiger partial charge in [-0.3, -0.25) is 0 Å². The van der Waals surface area contributed by atoms with Gasteiger partial charge in [0.15, 0.2) is 0 Å². The van der Waals surface area contributed by atoms with E-state index >= 15 is 0 Å². The maximum atomic E-state index is 10.6. The summed E-state index contributed by atoms with van der Waals surface area (Å²) in [5.74, 6) is 0. The van der Waals surface area contributed by atoms with E-state index in [9.17, 15) is 8.42 Å². The van der Waals surface area contributed by atoms with Crippen molar-refractivity contribution in [3.05, 3.63) is 0 Å². The SMILES string of the molecule is CC1(C)CN(S(N)(=O)=O)C1. The van der Waals surface area contributed by atoms with E-state index in [0.29, 0.717) is 13.1 Å². The lowest BCUT2D eigenvalue weighted by Gasteiger charge is -2.43. The summed E-state index contributed by atoms with van der Waals surface area (Å²) in [6.07, 6.45) is 0. The molecule has 4 nitrogen and oxygen atoms in total. The van der Waals surface area contributed by atoms with Crippen LogP contribution in [0.1, 0.15) is 13.8 Å². The topological polar surface area (TPSA) is 63.4 Å². The standard InChI is InChI=1S/C5H12N2O2S/c1-5(2)3-7(4-5)10(6,8)9/h3-4H2,1-2H3,(H2,6,8,9). The summed E-state index contributed by atoms with van der Waals surface area (Å²) in [7, 11) is -3.40. The molecule has 1 aliphatic heterocycles. The number of nitrogens with zero attached hydrogens (tertiary/aromatic N) is 1. The molecule has 0 amide bonds. The lowest BCUT2D eigenvalue weighted by atomic mass is 9.87. The zero-order valence-corrected chi connectivity index (χ0v) is 6.98. The third kappa shape index (κ3) is 1.47. The maximum Gasteiger partial charge on any atom is 0.276 e. The van der Waals surface area contributed by atoms with Crippen LogP contribution in [-0.4, -0.2) is 25.8 Å². The molecule has 0 saturated carbocycles. The first-order valence-electron chi connectivity index (χ1n) is 3.09. The highest BCUT2D eigenvalue weighted by atomic mass is 32.2. The molecule has 1 saturated heterocycles. The minimum Gasteiger partial charge on any atom is -0.216 e. The van der Waals surface area contributed by atoms with E-state index in [0.717, 1.165) is 0 Å². The highest BCUT2D eigenvalue weighted by Crippen LogP contribution is 2.29. The van der Waals surface area contributed by atoms with Crippen molar-refractivity contribution in [2.75, 3.05) is 13.1 Å². The van der Waals surface area contributed by atoms with Crippen LogP contribution < -0.4 is 5.14 Å². The Morgan fingerprint density at radius 1 is 1.40 bits per heavy atom. The van der Waals surface area contributed by atoms with Crippen LogP contribution in [0.4, 0.5) is 0 Å². The molecule has 0 aromatic heterocycles. The summed E-state index contributed by atoms with van der Waals surface area (Å²) in [4.78, 5) is 0. The molecule has 1 fully saturated rings. The zero-order chi connectivity index (χ0) is 7.99. The van der Waals surface area contributed by atoms with Gasteiger partial charge in [-0.05, 0) is 5.41 Å². The molecule has 0 radical (unpaired) electrons. The molecule has 0 aromatic rings. The summed E-state index contributed by atoms with van der Waals surface area (Å²) in [5, 5.41) is 4.86. The van der Waals surface area contributed by atoms with Crippen LogP contribution in [0.25, 0.3) is 0 Å². The van der Waals surface area contributed by atoms with Crippen molar-refractivity contribution >= 4 is 10.2 Å². The van der Waals surface area contributed by atoms with Gasteiger partial charge in [0.1, 0.15) is 0 Å². The van der Waals surface area contributed by atoms with Crippen molar-refractivity contribution in [1.29, 1.82) is 0 Å². The Morgan fingerprint density at radius 2 is 1.80 bits per heavy atom. The van der Waals surface area contributed by atoms with Crippen LogP contribution in [0.2, 0.25) is 0 Å². The molecule has 60 valence electrons. The minimum absolute atomic E-state index is 0.117. The first-order valence-corrected chi connectivity index (χ1v) is 4.59. The van der Waals surface area contributed by atoms with Crippen molar-refractivity contribution in [1.82, 2.24) is 4.31 Å². The number of hydrogen-bond acceptors (Lipinski definition) is 2. The first kappa shape index (κ1) is 7.97. The van der Waals surface area contributed by atoms with E-state index in [-0.39, 0.29) is 5.41 Å². The Labute approximate surface area is 61.2 Å². The van der Waals surface area contributed by atoms with Gasteiger partial charge >= 0.3 is 0 Å². The molecule has 0 bridgehead atoms. The third-order valence-corrected chi connectivity index (χ3v) is 2.55. The monoisotopic (exact) mass is 164 g/mol. The maximum absolute atomic E-state index is 10.6. The summed E-state index contributed by atoms with van der Waals surface area (Å²) in [5.41, 5.74) is 0.117. The van der Waals surface area contributed by atoms with Gasteiger partial charge in [0.25, 0.3) is 10.2 Å². The molecule has 0 spiro atoms. The molecule has 5 heteroatoms. The lowest BCUT2D eigenvalue weighted by Crippen LogP contribution is -2.57. The lowest BCUT2D eigenvalue weighted by molar-refractivity contribution is 0.111. The van der Waals surface area contributed by atoms with Crippen molar-refractivity contribution < 1.29 is 8.42 Å². The minimum atomic E-state index is -3.40. The van der Waals surface area contributed by atoms with Crippen LogP contribution in [0, 0.1) is 5.41 Å². The van der Waals surface area contributed by atoms with Crippen molar-refractivity contribution in [2.45, 2.75) is 13.8 Å². The molecule has 1 rings (SSSR count). The van der Waals surface area contributed by atoms with E-state index in [1.807, 2.05) is 13.8 Å². The average molecular weight is 164 g/mol. The van der Waals surface area contributed by atoms with Crippen LogP contribution in [0.5, 0.6) is 0 Å². The van der Waals surface area contributed by atoms with E-state index in [4.69, 9.17) is 5.14 Å². The molecule has 1 aliphatic rings. The molecule has 10 heavy (non-hydrogen) atoms. The van der Waals surface area contributed by atoms with Crippen molar-refractivity contribution in [3.63, 3.8) is 0 Å². The molecule has 1 heterocycles. The van der Waals surface area contributed by atoms with Crippen LogP contribution in [0.15, 0.2) is 0 Å². The van der Waals surface area contributed by atoms with Gasteiger partial charge in [-0.15, -0.1) is 0 Å². The molecular weight excluding hydrogens is 152 g/mol. The van der Waals surface area contributed by atoms with Gasteiger partial charge in [-0.25, -0.2) is 5.14 Å². The average Bonchev–Trinajstić information content (AvgIpc) is 1.56. The first-order chi connectivity index (χ1) is 4.31. The van der Waals surface area contributed by atoms with Crippen molar-refractivity contribution in [3.8, 4) is 0 Å². The molecule has 0 unspecified atom stereocenters. The van der Waals surface area contributed by atoms with Crippen LogP contribution in [0.3, 0.4) is 0 Å². The Hall–Kier alpha value is -0.130. The Balaban J connectivity index is 2.57. The highest BCUT2D eigenvalue weighted by molar-refractivity contribution is 7.86. The second-order valence-electron chi connectivity index (χ2n) is 3.48. The van der Waals surface area contributed by atoms with Crippen LogP contribution >= 0.6 is 0 Å². The predicted octanol–water partition coefficient (Wildman–Crippen LogP) is -0.468. The van der Waals surface area contributed by atoms with Gasteiger partial charge in [-0.1, -0.05) is 13.8 Å². The van der Waals surface area contributed by atoms with E-state index in [1.165, 1.54) is 4.31 Å². The normalized spacial score (nSPS) is 25.9. The van der Waals surface area contributed by atoms with Gasteiger partial charge < -0.3 is 0 Å². The van der Waals surface area contributed by atoms with E-state index < -0.39 is 10.2 Å². The smallest absolute Gasteiger partial charge is 0.216 e. The zero-order valence-electron chi connectivity index (χ0n) is 6.16. The van der Waals surface area contributed by atoms with Gasteiger partial charge in [-0.2, -0.15) is 12.7 Å². The second-order valence-corrected chi connectivity index (χ2v) is 5.02. The fourth-order valence-electron chi connectivity index (χ4n) is 1.09. The molecule has 0 atom stereocenters. The fraction of sp³-hybridized carbons (Fsp3) is 1.00. The summed E-state index contributed by atoms with van der Waals surface area (Å²) >= 11 is 0. The Morgan fingerprint density at radius 3 is 1.90 bits per heavy atom. The molecular formula is C5H12N2O2S. The van der Waals surface area contributed by atoms with Gasteiger partial charge in [0.2, 0.25) is 0 Å². The summed E-state index contributed by atoms with van der Waals surface area (Å²) in [6.45, 7) is 5.11. The number of nitrogens with two attached hydrogens (primary N) is 1. The summed E-state index contributed by atoms with van der Waals surface area (Å²) < 4.78 is 22.5. The number of rotatable bonds is 1. The van der Waals surface area contributed by atoms with Crippen LogP contribution in [-0.2, 0) is 10.2 Å². The fourth-order valence-corrected chi connectivity index (χ4v) is 2.15. The third-order valence-electron chi connectivity index (χ3n) is 1.57. The second kappa shape index (κ2) is 1.93. The van der Waals surface area contributed by atoms with Gasteiger partial charge in [0, 0.05) is 13.1 Å². The van der Waals surface area contributed by atoms with Crippen molar-refractivity contribution in [2.24, 2.45) is 10.6 Å². The largest absolute Gasteiger partial charge is 0.276 e. The quantitative estimate of drug-likeness (QED) is 0.569. The Kier molecular flexibility index (Phi) is 1.54. The summed E-state index contributed by atoms with van der Waals surface area (Å²) in [6, 6.07) is 0. The van der Waals surface area contributed by atoms with Gasteiger partial charge in [0.05, 0.1) is 0 Å². The molecule has 0 aliphatic carbocycles. The highest BCUT2D eigenvalue weighted by Gasteiger charge is 2.39. The van der Waals surface area contributed by atoms with E-state index in [1.54, 1.807) is 0 Å². The molecule has 2 N–H and O–H groups in total.